The molecule has 0 heterocycles. The van der Waals surface area contributed by atoms with Crippen LogP contribution in [0, 0.1) is 0 Å². The minimum atomic E-state index is -3.61. The van der Waals surface area contributed by atoms with Gasteiger partial charge in [-0.2, -0.15) is 0 Å². The van der Waals surface area contributed by atoms with E-state index in [-0.39, 0.29) is 35.1 Å². The third-order valence-electron chi connectivity index (χ3n) is 4.10. The number of sulfonamides is 1. The summed E-state index contributed by atoms with van der Waals surface area (Å²) >= 11 is 0. The number of hydrogen-bond donors (Lipinski definition) is 2. The highest BCUT2D eigenvalue weighted by molar-refractivity contribution is 7.89. The van der Waals surface area contributed by atoms with Gasteiger partial charge in [-0.25, -0.2) is 17.9 Å². The summed E-state index contributed by atoms with van der Waals surface area (Å²) in [6.45, 7) is 3.10. The zero-order valence-electron chi connectivity index (χ0n) is 15.2. The number of carbonyl (C=O) groups excluding carboxylic acids is 2. The predicted molar refractivity (Wildman–Crippen MR) is 97.2 cm³/mol. The van der Waals surface area contributed by atoms with Crippen molar-refractivity contribution in [2.24, 2.45) is 0 Å². The first-order chi connectivity index (χ1) is 12.3. The Morgan fingerprint density at radius 3 is 2.31 bits per heavy atom. The molecule has 1 aromatic rings. The minimum absolute atomic E-state index is 0.0674. The maximum Gasteiger partial charge on any atom is 0.338 e. The van der Waals surface area contributed by atoms with Crippen LogP contribution in [-0.4, -0.2) is 39.0 Å². The Morgan fingerprint density at radius 2 is 1.73 bits per heavy atom. The van der Waals surface area contributed by atoms with Gasteiger partial charge in [-0.05, 0) is 51.0 Å². The molecule has 1 saturated carbocycles. The van der Waals surface area contributed by atoms with E-state index in [1.807, 2.05) is 0 Å². The summed E-state index contributed by atoms with van der Waals surface area (Å²) in [6, 6.07) is 5.35. The van der Waals surface area contributed by atoms with Gasteiger partial charge in [0.05, 0.1) is 10.5 Å². The van der Waals surface area contributed by atoms with Gasteiger partial charge in [-0.3, -0.25) is 4.79 Å². The first-order valence-electron chi connectivity index (χ1n) is 8.87. The second-order valence-electron chi connectivity index (χ2n) is 6.78. The number of rotatable bonds is 7. The molecule has 1 aliphatic rings. The van der Waals surface area contributed by atoms with Gasteiger partial charge in [0.15, 0.2) is 6.61 Å². The molecule has 0 spiro atoms. The molecule has 8 heteroatoms. The van der Waals surface area contributed by atoms with Crippen molar-refractivity contribution >= 4 is 21.9 Å². The van der Waals surface area contributed by atoms with E-state index in [1.54, 1.807) is 13.8 Å². The van der Waals surface area contributed by atoms with E-state index < -0.39 is 16.0 Å². The van der Waals surface area contributed by atoms with Gasteiger partial charge >= 0.3 is 5.97 Å². The Morgan fingerprint density at radius 1 is 1.12 bits per heavy atom. The molecule has 0 unspecified atom stereocenters. The summed E-state index contributed by atoms with van der Waals surface area (Å²) in [5.74, 6) is -0.977. The summed E-state index contributed by atoms with van der Waals surface area (Å²) in [5, 5.41) is 2.87. The molecule has 1 aliphatic carbocycles. The van der Waals surface area contributed by atoms with Crippen molar-refractivity contribution in [1.82, 2.24) is 10.0 Å². The number of carbonyl (C=O) groups is 2. The molecule has 1 fully saturated rings. The number of benzene rings is 1. The number of esters is 1. The fourth-order valence-electron chi connectivity index (χ4n) is 2.88. The van der Waals surface area contributed by atoms with Crippen LogP contribution in [0.15, 0.2) is 29.2 Å². The summed E-state index contributed by atoms with van der Waals surface area (Å²) in [6.07, 6.45) is 5.32. The van der Waals surface area contributed by atoms with E-state index in [4.69, 9.17) is 4.74 Å². The Kier molecular flexibility index (Phi) is 7.16. The molecule has 7 nitrogen and oxygen atoms in total. The Hall–Kier alpha value is -1.93. The van der Waals surface area contributed by atoms with E-state index >= 15 is 0 Å². The van der Waals surface area contributed by atoms with E-state index in [1.165, 1.54) is 30.7 Å². The fraction of sp³-hybridized carbons (Fsp3) is 0.556. The first-order valence-corrected chi connectivity index (χ1v) is 10.3. The monoisotopic (exact) mass is 382 g/mol. The van der Waals surface area contributed by atoms with Crippen molar-refractivity contribution in [1.29, 1.82) is 0 Å². The third-order valence-corrected chi connectivity index (χ3v) is 5.77. The largest absolute Gasteiger partial charge is 0.452 e. The standard InChI is InChI=1S/C18H26N2O5S/c1-13(2)20-26(23,24)16-10-8-14(9-11-16)18(22)25-12-17(21)19-15-6-4-3-5-7-15/h8-11,13,15,20H,3-7,12H2,1-2H3,(H,19,21). The summed E-state index contributed by atoms with van der Waals surface area (Å²) in [5.41, 5.74) is 0.193. The van der Waals surface area contributed by atoms with Gasteiger partial charge in [-0.1, -0.05) is 19.3 Å². The molecule has 0 radical (unpaired) electrons. The highest BCUT2D eigenvalue weighted by Crippen LogP contribution is 2.17. The molecule has 1 amide bonds. The minimum Gasteiger partial charge on any atom is -0.452 e. The summed E-state index contributed by atoms with van der Waals surface area (Å²) < 4.78 is 31.6. The Labute approximate surface area is 154 Å². The number of amides is 1. The summed E-state index contributed by atoms with van der Waals surface area (Å²) in [4.78, 5) is 23.9. The van der Waals surface area contributed by atoms with Crippen molar-refractivity contribution in [2.75, 3.05) is 6.61 Å². The topological polar surface area (TPSA) is 102 Å². The number of hydrogen-bond acceptors (Lipinski definition) is 5. The van der Waals surface area contributed by atoms with Gasteiger partial charge < -0.3 is 10.1 Å². The third kappa shape index (κ3) is 6.10. The lowest BCUT2D eigenvalue weighted by Crippen LogP contribution is -2.38. The maximum atomic E-state index is 12.0. The number of ether oxygens (including phenoxy) is 1. The summed E-state index contributed by atoms with van der Waals surface area (Å²) in [7, 11) is -3.61. The van der Waals surface area contributed by atoms with Crippen LogP contribution < -0.4 is 10.0 Å². The molecular weight excluding hydrogens is 356 g/mol. The molecule has 0 bridgehead atoms. The van der Waals surface area contributed by atoms with Gasteiger partial charge in [0, 0.05) is 12.1 Å². The van der Waals surface area contributed by atoms with Crippen molar-refractivity contribution in [3.05, 3.63) is 29.8 Å². The van der Waals surface area contributed by atoms with Crippen molar-refractivity contribution in [2.45, 2.75) is 62.9 Å². The molecule has 0 atom stereocenters. The van der Waals surface area contributed by atoms with Crippen LogP contribution >= 0.6 is 0 Å². The molecule has 144 valence electrons. The molecule has 0 saturated heterocycles. The molecule has 2 rings (SSSR count). The van der Waals surface area contributed by atoms with E-state index in [0.717, 1.165) is 25.7 Å². The van der Waals surface area contributed by atoms with Gasteiger partial charge in [0.1, 0.15) is 0 Å². The molecular formula is C18H26N2O5S. The van der Waals surface area contributed by atoms with Gasteiger partial charge in [0.25, 0.3) is 5.91 Å². The second-order valence-corrected chi connectivity index (χ2v) is 8.49. The fourth-order valence-corrected chi connectivity index (χ4v) is 4.13. The average molecular weight is 382 g/mol. The van der Waals surface area contributed by atoms with Crippen LogP contribution in [0.5, 0.6) is 0 Å². The maximum absolute atomic E-state index is 12.0. The SMILES string of the molecule is CC(C)NS(=O)(=O)c1ccc(C(=O)OCC(=O)NC2CCCCC2)cc1. The lowest BCUT2D eigenvalue weighted by molar-refractivity contribution is -0.125. The average Bonchev–Trinajstić information content (AvgIpc) is 2.59. The lowest BCUT2D eigenvalue weighted by atomic mass is 9.95. The predicted octanol–water partition coefficient (Wildman–Crippen LogP) is 1.98. The Balaban J connectivity index is 1.86. The second kappa shape index (κ2) is 9.14. The molecule has 2 N–H and O–H groups in total. The van der Waals surface area contributed by atoms with Crippen LogP contribution in [0.3, 0.4) is 0 Å². The van der Waals surface area contributed by atoms with Crippen molar-refractivity contribution in [3.63, 3.8) is 0 Å². The lowest BCUT2D eigenvalue weighted by Gasteiger charge is -2.22. The molecule has 0 aromatic heterocycles. The van der Waals surface area contributed by atoms with Crippen molar-refractivity contribution < 1.29 is 22.7 Å². The van der Waals surface area contributed by atoms with Crippen LogP contribution in [0.4, 0.5) is 0 Å². The normalized spacial score (nSPS) is 15.7. The number of nitrogens with one attached hydrogen (secondary N) is 2. The highest BCUT2D eigenvalue weighted by atomic mass is 32.2. The van der Waals surface area contributed by atoms with Crippen LogP contribution in [0.2, 0.25) is 0 Å². The molecule has 0 aliphatic heterocycles. The highest BCUT2D eigenvalue weighted by Gasteiger charge is 2.18. The zero-order chi connectivity index (χ0) is 19.2. The quantitative estimate of drug-likeness (QED) is 0.702. The smallest absolute Gasteiger partial charge is 0.338 e. The van der Waals surface area contributed by atoms with E-state index in [0.29, 0.717) is 0 Å². The molecule has 1 aromatic carbocycles. The van der Waals surface area contributed by atoms with E-state index in [9.17, 15) is 18.0 Å². The first kappa shape index (κ1) is 20.4. The van der Waals surface area contributed by atoms with Gasteiger partial charge in [0.2, 0.25) is 10.0 Å². The van der Waals surface area contributed by atoms with Crippen LogP contribution in [-0.2, 0) is 19.6 Å². The van der Waals surface area contributed by atoms with Crippen molar-refractivity contribution in [3.8, 4) is 0 Å². The van der Waals surface area contributed by atoms with Gasteiger partial charge in [-0.15, -0.1) is 0 Å². The zero-order valence-corrected chi connectivity index (χ0v) is 16.0. The molecule has 26 heavy (non-hydrogen) atoms. The van der Waals surface area contributed by atoms with E-state index in [2.05, 4.69) is 10.0 Å². The Bertz CT molecular complexity index is 722. The van der Waals surface area contributed by atoms with Crippen LogP contribution in [0.25, 0.3) is 0 Å². The van der Waals surface area contributed by atoms with Crippen LogP contribution in [0.1, 0.15) is 56.3 Å².